The summed E-state index contributed by atoms with van der Waals surface area (Å²) in [7, 11) is 0. The van der Waals surface area contributed by atoms with Crippen LogP contribution in [-0.4, -0.2) is 63.5 Å². The van der Waals surface area contributed by atoms with Crippen molar-refractivity contribution >= 4 is 29.4 Å². The summed E-state index contributed by atoms with van der Waals surface area (Å²) < 4.78 is 0. The van der Waals surface area contributed by atoms with E-state index in [1.807, 2.05) is 0 Å². The van der Waals surface area contributed by atoms with Crippen molar-refractivity contribution in [3.8, 4) is 0 Å². The number of carbonyl (C=O) groups excluding carboxylic acids is 5. The molecule has 0 saturated carbocycles. The predicted octanol–water partition coefficient (Wildman–Crippen LogP) is 1.29. The smallest absolute Gasteiger partial charge is 0.261 e. The van der Waals surface area contributed by atoms with Crippen molar-refractivity contribution in [3.63, 3.8) is 0 Å². The van der Waals surface area contributed by atoms with Crippen LogP contribution in [0.2, 0.25) is 0 Å². The number of aliphatic hydroxyl groups excluding tert-OH is 1. The molecule has 0 spiro atoms. The normalized spacial score (nSPS) is 16.2. The number of hydrogen-bond donors (Lipinski definition) is 1. The minimum absolute atomic E-state index is 0.105. The molecule has 1 N–H and O–H groups in total. The Morgan fingerprint density at radius 3 is 1.47 bits per heavy atom. The number of rotatable bonds is 7. The first-order valence-corrected chi connectivity index (χ1v) is 9.51. The third kappa shape index (κ3) is 3.21. The SMILES string of the molecule is O=C(CCN1C(=O)c2ccccc2C1=O)[C@@H](O)CCN1C(=O)c2ccccc2C1=O. The molecule has 0 radical (unpaired) electrons. The molecule has 2 aromatic rings. The Labute approximate surface area is 171 Å². The number of Topliss-reactive ketones (excluding diaryl/α,β-unsaturated/α-hetero) is 1. The molecule has 0 fully saturated rings. The maximum absolute atomic E-state index is 12.3. The van der Waals surface area contributed by atoms with Gasteiger partial charge >= 0.3 is 0 Å². The topological polar surface area (TPSA) is 112 Å². The van der Waals surface area contributed by atoms with Gasteiger partial charge in [0, 0.05) is 19.5 Å². The molecule has 4 amide bonds. The van der Waals surface area contributed by atoms with Crippen LogP contribution in [-0.2, 0) is 4.79 Å². The third-order valence-electron chi connectivity index (χ3n) is 5.34. The summed E-state index contributed by atoms with van der Waals surface area (Å²) in [6.45, 7) is -0.248. The lowest BCUT2D eigenvalue weighted by molar-refractivity contribution is -0.127. The lowest BCUT2D eigenvalue weighted by Gasteiger charge is -2.17. The summed E-state index contributed by atoms with van der Waals surface area (Å²) in [5.41, 5.74) is 1.19. The van der Waals surface area contributed by atoms with Gasteiger partial charge in [0.15, 0.2) is 5.78 Å². The van der Waals surface area contributed by atoms with Crippen molar-refractivity contribution in [1.82, 2.24) is 9.80 Å². The third-order valence-corrected chi connectivity index (χ3v) is 5.34. The number of carbonyl (C=O) groups is 5. The maximum atomic E-state index is 12.3. The Morgan fingerprint density at radius 2 is 1.07 bits per heavy atom. The van der Waals surface area contributed by atoms with E-state index in [1.165, 1.54) is 0 Å². The highest BCUT2D eigenvalue weighted by atomic mass is 16.3. The largest absolute Gasteiger partial charge is 0.385 e. The van der Waals surface area contributed by atoms with Crippen LogP contribution in [0.25, 0.3) is 0 Å². The number of benzene rings is 2. The average Bonchev–Trinajstić information content (AvgIpc) is 3.15. The van der Waals surface area contributed by atoms with Gasteiger partial charge in [-0.1, -0.05) is 24.3 Å². The first-order chi connectivity index (χ1) is 14.4. The molecule has 2 aliphatic rings. The Hall–Kier alpha value is -3.65. The maximum Gasteiger partial charge on any atom is 0.261 e. The fourth-order valence-electron chi connectivity index (χ4n) is 3.69. The second-order valence-corrected chi connectivity index (χ2v) is 7.14. The number of ketones is 1. The molecule has 2 aliphatic heterocycles. The van der Waals surface area contributed by atoms with Gasteiger partial charge in [0.1, 0.15) is 6.10 Å². The minimum Gasteiger partial charge on any atom is -0.385 e. The highest BCUT2D eigenvalue weighted by molar-refractivity contribution is 6.22. The first kappa shape index (κ1) is 19.7. The number of imide groups is 2. The van der Waals surface area contributed by atoms with Crippen molar-refractivity contribution in [2.24, 2.45) is 0 Å². The van der Waals surface area contributed by atoms with E-state index in [2.05, 4.69) is 0 Å². The quantitative estimate of drug-likeness (QED) is 0.694. The van der Waals surface area contributed by atoms with Gasteiger partial charge in [0.25, 0.3) is 23.6 Å². The monoisotopic (exact) mass is 406 g/mol. The van der Waals surface area contributed by atoms with Gasteiger partial charge in [-0.25, -0.2) is 0 Å². The molecule has 0 bridgehead atoms. The van der Waals surface area contributed by atoms with Crippen LogP contribution in [0.15, 0.2) is 48.5 Å². The summed E-state index contributed by atoms with van der Waals surface area (Å²) in [6, 6.07) is 12.8. The van der Waals surface area contributed by atoms with Crippen molar-refractivity contribution in [2.75, 3.05) is 13.1 Å². The van der Waals surface area contributed by atoms with Crippen LogP contribution in [0.1, 0.15) is 54.3 Å². The number of hydrogen-bond acceptors (Lipinski definition) is 6. The number of aliphatic hydroxyl groups is 1. The van der Waals surface area contributed by atoms with Gasteiger partial charge in [-0.05, 0) is 30.7 Å². The zero-order valence-corrected chi connectivity index (χ0v) is 15.9. The Bertz CT molecular complexity index is 1020. The molecule has 2 aromatic carbocycles. The molecular formula is C22H18N2O6. The summed E-state index contributed by atoms with van der Waals surface area (Å²) in [5, 5.41) is 10.2. The van der Waals surface area contributed by atoms with Crippen LogP contribution in [0.4, 0.5) is 0 Å². The average molecular weight is 406 g/mol. The Morgan fingerprint density at radius 1 is 0.700 bits per heavy atom. The van der Waals surface area contributed by atoms with E-state index in [0.717, 1.165) is 9.80 Å². The summed E-state index contributed by atoms with van der Waals surface area (Å²) in [6.07, 6.45) is -1.74. The van der Waals surface area contributed by atoms with Crippen LogP contribution in [0.3, 0.4) is 0 Å². The number of amides is 4. The van der Waals surface area contributed by atoms with Crippen molar-refractivity contribution in [1.29, 1.82) is 0 Å². The Kier molecular flexibility index (Phi) is 5.01. The fraction of sp³-hybridized carbons (Fsp3) is 0.227. The first-order valence-electron chi connectivity index (χ1n) is 9.51. The molecule has 2 heterocycles. The lowest BCUT2D eigenvalue weighted by atomic mass is 10.1. The van der Waals surface area contributed by atoms with Gasteiger partial charge in [-0.2, -0.15) is 0 Å². The molecule has 152 valence electrons. The zero-order valence-electron chi connectivity index (χ0n) is 15.9. The molecule has 0 aliphatic carbocycles. The predicted molar refractivity (Wildman–Crippen MR) is 104 cm³/mol. The molecule has 30 heavy (non-hydrogen) atoms. The van der Waals surface area contributed by atoms with Crippen molar-refractivity contribution in [3.05, 3.63) is 70.8 Å². The van der Waals surface area contributed by atoms with Gasteiger partial charge in [0.2, 0.25) is 0 Å². The van der Waals surface area contributed by atoms with Crippen LogP contribution >= 0.6 is 0 Å². The molecule has 8 heteroatoms. The molecule has 0 aromatic heterocycles. The molecule has 0 unspecified atom stereocenters. The molecule has 8 nitrogen and oxygen atoms in total. The second kappa shape index (κ2) is 7.64. The van der Waals surface area contributed by atoms with E-state index >= 15 is 0 Å². The highest BCUT2D eigenvalue weighted by Gasteiger charge is 2.37. The van der Waals surface area contributed by atoms with E-state index in [0.29, 0.717) is 22.3 Å². The van der Waals surface area contributed by atoms with E-state index in [4.69, 9.17) is 0 Å². The van der Waals surface area contributed by atoms with E-state index in [-0.39, 0.29) is 25.9 Å². The molecule has 0 saturated heterocycles. The highest BCUT2D eigenvalue weighted by Crippen LogP contribution is 2.24. The van der Waals surface area contributed by atoms with Gasteiger partial charge < -0.3 is 5.11 Å². The summed E-state index contributed by atoms with van der Waals surface area (Å²) in [5.74, 6) is -2.42. The summed E-state index contributed by atoms with van der Waals surface area (Å²) >= 11 is 0. The van der Waals surface area contributed by atoms with E-state index in [1.54, 1.807) is 48.5 Å². The minimum atomic E-state index is -1.41. The van der Waals surface area contributed by atoms with Crippen LogP contribution in [0.5, 0.6) is 0 Å². The van der Waals surface area contributed by atoms with E-state index < -0.39 is 35.5 Å². The summed E-state index contributed by atoms with van der Waals surface area (Å²) in [4.78, 5) is 63.6. The van der Waals surface area contributed by atoms with Crippen molar-refractivity contribution < 1.29 is 29.1 Å². The fourth-order valence-corrected chi connectivity index (χ4v) is 3.69. The van der Waals surface area contributed by atoms with Crippen LogP contribution < -0.4 is 0 Å². The number of fused-ring (bicyclic) bond motifs is 2. The van der Waals surface area contributed by atoms with Gasteiger partial charge in [-0.15, -0.1) is 0 Å². The molecule has 4 rings (SSSR count). The standard InChI is InChI=1S/C22H18N2O6/c25-17(9-11-23-19(27)13-5-1-2-6-14(13)20(23)28)18(26)10-12-24-21(29)15-7-3-4-8-16(15)22(24)30/h1-8,17,25H,9-12H2/t17-/m0/s1. The molecular weight excluding hydrogens is 388 g/mol. The van der Waals surface area contributed by atoms with E-state index in [9.17, 15) is 29.1 Å². The van der Waals surface area contributed by atoms with Gasteiger partial charge in [0.05, 0.1) is 22.3 Å². The molecule has 1 atom stereocenters. The lowest BCUT2D eigenvalue weighted by Crippen LogP contribution is -2.36. The van der Waals surface area contributed by atoms with Gasteiger partial charge in [-0.3, -0.25) is 33.8 Å². The van der Waals surface area contributed by atoms with Crippen molar-refractivity contribution in [2.45, 2.75) is 18.9 Å². The van der Waals surface area contributed by atoms with Crippen LogP contribution in [0, 0.1) is 0 Å². The number of nitrogens with zero attached hydrogens (tertiary/aromatic N) is 2. The second-order valence-electron chi connectivity index (χ2n) is 7.14. The Balaban J connectivity index is 1.31. The zero-order chi connectivity index (χ0) is 21.4.